The summed E-state index contributed by atoms with van der Waals surface area (Å²) in [7, 11) is -8.39. The molecule has 0 atom stereocenters. The zero-order valence-electron chi connectivity index (χ0n) is 16.4. The molecule has 0 unspecified atom stereocenters. The fourth-order valence-electron chi connectivity index (χ4n) is 3.06. The third-order valence-corrected chi connectivity index (χ3v) is 8.19. The maximum absolute atomic E-state index is 13.3. The molecule has 0 radical (unpaired) electrons. The zero-order valence-corrected chi connectivity index (χ0v) is 17.3. The lowest BCUT2D eigenvalue weighted by atomic mass is 10.2. The van der Waals surface area contributed by atoms with Crippen LogP contribution in [0.5, 0.6) is 0 Å². The minimum Gasteiger partial charge on any atom is -0.436 e. The van der Waals surface area contributed by atoms with Gasteiger partial charge in [0.2, 0.25) is 7.26 Å². The summed E-state index contributed by atoms with van der Waals surface area (Å²) in [5.41, 5.74) is 1.05. The fraction of sp³-hybridized carbons (Fsp3) is 0.136. The molecule has 3 aromatic carbocycles. The molecule has 0 saturated carbocycles. The van der Waals surface area contributed by atoms with E-state index in [-0.39, 0.29) is 5.71 Å². The van der Waals surface area contributed by atoms with Crippen molar-refractivity contribution in [1.82, 2.24) is 0 Å². The summed E-state index contributed by atoms with van der Waals surface area (Å²) in [6, 6.07) is 30.4. The Kier molecular flexibility index (Phi) is 8.61. The summed E-state index contributed by atoms with van der Waals surface area (Å²) in [5, 5.41) is 2.12. The van der Waals surface area contributed by atoms with E-state index in [4.69, 9.17) is 4.74 Å². The van der Waals surface area contributed by atoms with Crippen molar-refractivity contribution in [2.45, 2.75) is 13.1 Å². The minimum atomic E-state index is -6.00. The third-order valence-electron chi connectivity index (χ3n) is 4.24. The molecule has 0 bridgehead atoms. The lowest BCUT2D eigenvalue weighted by molar-refractivity contribution is 0.180. The first-order chi connectivity index (χ1) is 14.3. The number of hydrogen-bond acceptors (Lipinski definition) is 2. The van der Waals surface area contributed by atoms with Gasteiger partial charge in [-0.25, -0.2) is 4.79 Å². The van der Waals surface area contributed by atoms with Gasteiger partial charge in [0, 0.05) is 0 Å². The first kappa shape index (κ1) is 23.6. The van der Waals surface area contributed by atoms with E-state index in [1.807, 2.05) is 61.5 Å². The van der Waals surface area contributed by atoms with Gasteiger partial charge in [-0.2, -0.15) is 0 Å². The topological polar surface area (TPSA) is 26.3 Å². The van der Waals surface area contributed by atoms with E-state index < -0.39 is 14.5 Å². The molecule has 3 aromatic rings. The number of benzene rings is 3. The molecule has 0 aliphatic rings. The van der Waals surface area contributed by atoms with E-state index in [1.54, 1.807) is 0 Å². The van der Waals surface area contributed by atoms with Crippen molar-refractivity contribution in [2.75, 3.05) is 6.61 Å². The van der Waals surface area contributed by atoms with Gasteiger partial charge in [0.1, 0.15) is 16.8 Å². The number of carbonyl (C=O) groups excluding carboxylic acids is 1. The molecule has 0 aromatic heterocycles. The quantitative estimate of drug-likeness (QED) is 0.257. The van der Waals surface area contributed by atoms with E-state index in [0.29, 0.717) is 12.8 Å². The van der Waals surface area contributed by atoms with Gasteiger partial charge < -0.3 is 22.0 Å². The number of halogens is 4. The smallest absolute Gasteiger partial charge is 0.436 e. The van der Waals surface area contributed by atoms with Crippen LogP contribution in [-0.2, 0) is 10.9 Å². The highest BCUT2D eigenvalue weighted by molar-refractivity contribution is 8.01. The molecule has 0 amide bonds. The molecule has 0 fully saturated rings. The highest BCUT2D eigenvalue weighted by atomic mass is 31.2. The fourth-order valence-corrected chi connectivity index (χ4v) is 6.75. The summed E-state index contributed by atoms with van der Waals surface area (Å²) in [5.74, 6) is 0. The Bertz CT molecular complexity index is 861. The molecular weight excluding hydrogens is 414 g/mol. The Morgan fingerprint density at radius 2 is 1.13 bits per heavy atom. The number of hydrogen-bond donors (Lipinski definition) is 0. The predicted octanol–water partition coefficient (Wildman–Crippen LogP) is 6.31. The predicted molar refractivity (Wildman–Crippen MR) is 116 cm³/mol. The molecule has 0 aliphatic carbocycles. The molecule has 3 rings (SSSR count). The second-order valence-corrected chi connectivity index (χ2v) is 9.65. The van der Waals surface area contributed by atoms with E-state index >= 15 is 0 Å². The molecule has 0 heterocycles. The maximum Gasteiger partial charge on any atom is 0.673 e. The van der Waals surface area contributed by atoms with E-state index in [2.05, 4.69) is 36.4 Å². The normalized spacial score (nSPS) is 11.2. The van der Waals surface area contributed by atoms with Crippen LogP contribution in [0.2, 0.25) is 0 Å². The maximum atomic E-state index is 13.3. The standard InChI is InChI=1S/C22H22O2P.BF4/c1-2-24-22(23)25(20-14-8-4-9-15-20,21-16-10-5-11-17-21)18-19-12-6-3-7-13-19;2-1(3,4)5/h3-17H,2,18H2,1H3;/q+1;-1. The first-order valence-corrected chi connectivity index (χ1v) is 11.3. The van der Waals surface area contributed by atoms with Gasteiger partial charge >= 0.3 is 13.0 Å². The van der Waals surface area contributed by atoms with Crippen LogP contribution in [0.4, 0.5) is 22.1 Å². The molecule has 2 nitrogen and oxygen atoms in total. The molecule has 30 heavy (non-hydrogen) atoms. The second kappa shape index (κ2) is 10.9. The van der Waals surface area contributed by atoms with Gasteiger partial charge in [0.05, 0.1) is 6.61 Å². The SMILES string of the molecule is CCOC(=O)[P+](Cc1ccccc1)(c1ccccc1)c1ccccc1.F[B-](F)(F)F. The van der Waals surface area contributed by atoms with Gasteiger partial charge in [0.15, 0.2) is 0 Å². The van der Waals surface area contributed by atoms with Crippen LogP contribution in [0.1, 0.15) is 12.5 Å². The van der Waals surface area contributed by atoms with Crippen LogP contribution in [-0.4, -0.2) is 19.6 Å². The van der Waals surface area contributed by atoms with E-state index in [1.165, 1.54) is 0 Å². The van der Waals surface area contributed by atoms with Crippen molar-refractivity contribution in [3.8, 4) is 0 Å². The Labute approximate surface area is 174 Å². The van der Waals surface area contributed by atoms with Gasteiger partial charge in [-0.05, 0) is 36.8 Å². The highest BCUT2D eigenvalue weighted by Gasteiger charge is 2.53. The van der Waals surface area contributed by atoms with Gasteiger partial charge in [-0.15, -0.1) is 0 Å². The highest BCUT2D eigenvalue weighted by Crippen LogP contribution is 2.60. The van der Waals surface area contributed by atoms with Crippen LogP contribution in [0.15, 0.2) is 91.0 Å². The van der Waals surface area contributed by atoms with E-state index in [0.717, 1.165) is 16.2 Å². The van der Waals surface area contributed by atoms with Crippen molar-refractivity contribution in [3.05, 3.63) is 96.6 Å². The summed E-state index contributed by atoms with van der Waals surface area (Å²) in [6.45, 7) is 2.25. The number of rotatable bonds is 6. The Morgan fingerprint density at radius 3 is 1.50 bits per heavy atom. The van der Waals surface area contributed by atoms with Crippen LogP contribution in [0.25, 0.3) is 0 Å². The van der Waals surface area contributed by atoms with E-state index in [9.17, 15) is 22.1 Å². The summed E-state index contributed by atoms with van der Waals surface area (Å²) < 4.78 is 44.6. The largest absolute Gasteiger partial charge is 0.673 e. The van der Waals surface area contributed by atoms with Crippen molar-refractivity contribution < 1.29 is 26.8 Å². The van der Waals surface area contributed by atoms with Gasteiger partial charge in [0.25, 0.3) is 0 Å². The summed E-state index contributed by atoms with van der Waals surface area (Å²) in [6.07, 6.45) is 0.667. The molecule has 0 aliphatic heterocycles. The second-order valence-electron chi connectivity index (χ2n) is 6.32. The average Bonchev–Trinajstić information content (AvgIpc) is 2.73. The lowest BCUT2D eigenvalue weighted by Crippen LogP contribution is -2.30. The Morgan fingerprint density at radius 1 is 0.767 bits per heavy atom. The molecular formula is C22H22BF4O2P. The van der Waals surface area contributed by atoms with Crippen LogP contribution in [0, 0.1) is 0 Å². The number of carbonyl (C=O) groups is 1. The summed E-state index contributed by atoms with van der Waals surface area (Å²) in [4.78, 5) is 13.3. The van der Waals surface area contributed by atoms with Crippen LogP contribution >= 0.6 is 7.26 Å². The molecule has 0 saturated heterocycles. The number of ether oxygens (including phenoxy) is 1. The Balaban J connectivity index is 0.000000575. The molecule has 8 heteroatoms. The average molecular weight is 436 g/mol. The van der Waals surface area contributed by atoms with Gasteiger partial charge in [-0.3, -0.25) is 0 Å². The van der Waals surface area contributed by atoms with Crippen LogP contribution in [0.3, 0.4) is 0 Å². The third kappa shape index (κ3) is 6.70. The van der Waals surface area contributed by atoms with Gasteiger partial charge in [-0.1, -0.05) is 66.7 Å². The first-order valence-electron chi connectivity index (χ1n) is 9.35. The molecule has 158 valence electrons. The minimum absolute atomic E-state index is 0.101. The Hall–Kier alpha value is -2.66. The molecule has 0 N–H and O–H groups in total. The lowest BCUT2D eigenvalue weighted by Gasteiger charge is -2.24. The van der Waals surface area contributed by atoms with Crippen molar-refractivity contribution in [2.24, 2.45) is 0 Å². The van der Waals surface area contributed by atoms with Crippen molar-refractivity contribution >= 4 is 30.8 Å². The summed E-state index contributed by atoms with van der Waals surface area (Å²) >= 11 is 0. The monoisotopic (exact) mass is 436 g/mol. The van der Waals surface area contributed by atoms with Crippen molar-refractivity contribution in [3.63, 3.8) is 0 Å². The molecule has 0 spiro atoms. The van der Waals surface area contributed by atoms with Crippen LogP contribution < -0.4 is 10.6 Å². The van der Waals surface area contributed by atoms with Crippen molar-refractivity contribution in [1.29, 1.82) is 0 Å². The zero-order chi connectivity index (χ0) is 22.0.